The van der Waals surface area contributed by atoms with Crippen LogP contribution in [0, 0.1) is 13.8 Å². The van der Waals surface area contributed by atoms with Crippen molar-refractivity contribution in [2.75, 3.05) is 6.54 Å². The summed E-state index contributed by atoms with van der Waals surface area (Å²) >= 11 is 0. The summed E-state index contributed by atoms with van der Waals surface area (Å²) in [5.41, 5.74) is 2.33. The SMILES string of the molecule is Cc1cccc(C)c1C(=O)NCC[C@H](O)C(=O)O. The second-order valence-electron chi connectivity index (χ2n) is 4.17. The average molecular weight is 251 g/mol. The molecule has 1 aromatic carbocycles. The summed E-state index contributed by atoms with van der Waals surface area (Å²) < 4.78 is 0. The number of hydrogen-bond acceptors (Lipinski definition) is 3. The predicted octanol–water partition coefficient (Wildman–Crippen LogP) is 0.869. The van der Waals surface area contributed by atoms with E-state index in [1.807, 2.05) is 32.0 Å². The Morgan fingerprint density at radius 2 is 1.83 bits per heavy atom. The van der Waals surface area contributed by atoms with Gasteiger partial charge in [0.15, 0.2) is 6.10 Å². The van der Waals surface area contributed by atoms with Gasteiger partial charge in [-0.2, -0.15) is 0 Å². The van der Waals surface area contributed by atoms with E-state index in [4.69, 9.17) is 10.2 Å². The molecule has 1 atom stereocenters. The molecule has 0 bridgehead atoms. The van der Waals surface area contributed by atoms with E-state index in [9.17, 15) is 9.59 Å². The van der Waals surface area contributed by atoms with Crippen molar-refractivity contribution in [3.8, 4) is 0 Å². The molecule has 5 heteroatoms. The molecule has 1 amide bonds. The van der Waals surface area contributed by atoms with Crippen LogP contribution in [0.1, 0.15) is 27.9 Å². The zero-order valence-electron chi connectivity index (χ0n) is 10.4. The van der Waals surface area contributed by atoms with E-state index in [0.29, 0.717) is 5.56 Å². The van der Waals surface area contributed by atoms with Gasteiger partial charge in [-0.1, -0.05) is 18.2 Å². The van der Waals surface area contributed by atoms with Crippen molar-refractivity contribution in [1.82, 2.24) is 5.32 Å². The first-order chi connectivity index (χ1) is 8.43. The van der Waals surface area contributed by atoms with E-state index in [1.165, 1.54) is 0 Å². The molecule has 0 aliphatic rings. The highest BCUT2D eigenvalue weighted by atomic mass is 16.4. The van der Waals surface area contributed by atoms with Gasteiger partial charge in [-0.15, -0.1) is 0 Å². The van der Waals surface area contributed by atoms with Crippen LogP contribution in [-0.4, -0.2) is 34.7 Å². The molecule has 0 aliphatic heterocycles. The number of rotatable bonds is 5. The van der Waals surface area contributed by atoms with E-state index >= 15 is 0 Å². The second-order valence-corrected chi connectivity index (χ2v) is 4.17. The molecular weight excluding hydrogens is 234 g/mol. The Balaban J connectivity index is 2.59. The summed E-state index contributed by atoms with van der Waals surface area (Å²) in [6.07, 6.45) is -1.45. The minimum atomic E-state index is -1.44. The van der Waals surface area contributed by atoms with Gasteiger partial charge in [0.05, 0.1) is 0 Å². The van der Waals surface area contributed by atoms with Crippen LogP contribution in [0.5, 0.6) is 0 Å². The number of aliphatic hydroxyl groups is 1. The minimum Gasteiger partial charge on any atom is -0.479 e. The maximum atomic E-state index is 11.9. The number of hydrogen-bond donors (Lipinski definition) is 3. The molecule has 0 aliphatic carbocycles. The normalized spacial score (nSPS) is 11.9. The highest BCUT2D eigenvalue weighted by molar-refractivity contribution is 5.97. The highest BCUT2D eigenvalue weighted by Crippen LogP contribution is 2.12. The summed E-state index contributed by atoms with van der Waals surface area (Å²) in [4.78, 5) is 22.3. The summed E-state index contributed by atoms with van der Waals surface area (Å²) in [5, 5.41) is 20.2. The predicted molar refractivity (Wildman–Crippen MR) is 66.5 cm³/mol. The Labute approximate surface area is 105 Å². The van der Waals surface area contributed by atoms with E-state index < -0.39 is 12.1 Å². The summed E-state index contributed by atoms with van der Waals surface area (Å²) in [6, 6.07) is 5.55. The average Bonchev–Trinajstić information content (AvgIpc) is 2.28. The summed E-state index contributed by atoms with van der Waals surface area (Å²) in [5.74, 6) is -1.53. The second kappa shape index (κ2) is 6.16. The number of aliphatic carboxylic acids is 1. The van der Waals surface area contributed by atoms with Gasteiger partial charge in [0.25, 0.3) is 5.91 Å². The Kier molecular flexibility index (Phi) is 4.85. The molecule has 1 rings (SSSR count). The Morgan fingerprint density at radius 1 is 1.28 bits per heavy atom. The molecular formula is C13H17NO4. The van der Waals surface area contributed by atoms with Crippen molar-refractivity contribution in [1.29, 1.82) is 0 Å². The molecule has 0 radical (unpaired) electrons. The monoisotopic (exact) mass is 251 g/mol. The number of carboxylic acid groups (broad SMARTS) is 1. The molecule has 18 heavy (non-hydrogen) atoms. The van der Waals surface area contributed by atoms with Crippen LogP contribution in [0.2, 0.25) is 0 Å². The van der Waals surface area contributed by atoms with Crippen molar-refractivity contribution in [3.63, 3.8) is 0 Å². The quantitative estimate of drug-likeness (QED) is 0.724. The lowest BCUT2D eigenvalue weighted by atomic mass is 10.0. The van der Waals surface area contributed by atoms with Crippen molar-refractivity contribution >= 4 is 11.9 Å². The molecule has 0 spiro atoms. The fourth-order valence-corrected chi connectivity index (χ4v) is 1.71. The van der Waals surface area contributed by atoms with Gasteiger partial charge in [-0.25, -0.2) is 4.79 Å². The molecule has 0 saturated heterocycles. The number of amides is 1. The third-order valence-electron chi connectivity index (χ3n) is 2.70. The molecule has 0 fully saturated rings. The standard InChI is InChI=1S/C13H17NO4/c1-8-4-3-5-9(2)11(8)12(16)14-7-6-10(15)13(17)18/h3-5,10,15H,6-7H2,1-2H3,(H,14,16)(H,17,18)/t10-/m0/s1. The lowest BCUT2D eigenvalue weighted by Gasteiger charge is -2.11. The number of carboxylic acids is 1. The molecule has 1 aromatic rings. The fraction of sp³-hybridized carbons (Fsp3) is 0.385. The largest absolute Gasteiger partial charge is 0.479 e. The first kappa shape index (κ1) is 14.2. The first-order valence-electron chi connectivity index (χ1n) is 5.68. The summed E-state index contributed by atoms with van der Waals surface area (Å²) in [7, 11) is 0. The minimum absolute atomic E-state index is 0.00793. The van der Waals surface area contributed by atoms with E-state index in [0.717, 1.165) is 11.1 Å². The van der Waals surface area contributed by atoms with Gasteiger partial charge in [0, 0.05) is 18.5 Å². The number of aryl methyl sites for hydroxylation is 2. The van der Waals surface area contributed by atoms with Gasteiger partial charge in [0.1, 0.15) is 0 Å². The van der Waals surface area contributed by atoms with Crippen molar-refractivity contribution in [3.05, 3.63) is 34.9 Å². The van der Waals surface area contributed by atoms with Crippen molar-refractivity contribution in [2.45, 2.75) is 26.4 Å². The van der Waals surface area contributed by atoms with Crippen LogP contribution in [-0.2, 0) is 4.79 Å². The number of carbonyl (C=O) groups is 2. The van der Waals surface area contributed by atoms with Crippen LogP contribution < -0.4 is 5.32 Å². The van der Waals surface area contributed by atoms with Crippen molar-refractivity contribution < 1.29 is 19.8 Å². The van der Waals surface area contributed by atoms with Crippen LogP contribution in [0.3, 0.4) is 0 Å². The van der Waals surface area contributed by atoms with Crippen molar-refractivity contribution in [2.24, 2.45) is 0 Å². The number of carbonyl (C=O) groups excluding carboxylic acids is 1. The molecule has 0 aromatic heterocycles. The van der Waals surface area contributed by atoms with Gasteiger partial charge >= 0.3 is 5.97 Å². The van der Waals surface area contributed by atoms with Gasteiger partial charge in [-0.05, 0) is 25.0 Å². The van der Waals surface area contributed by atoms with E-state index in [1.54, 1.807) is 0 Å². The van der Waals surface area contributed by atoms with Gasteiger partial charge < -0.3 is 15.5 Å². The van der Waals surface area contributed by atoms with Gasteiger partial charge in [-0.3, -0.25) is 4.79 Å². The topological polar surface area (TPSA) is 86.6 Å². The third kappa shape index (κ3) is 3.56. The van der Waals surface area contributed by atoms with Gasteiger partial charge in [0.2, 0.25) is 0 Å². The van der Waals surface area contributed by atoms with Crippen LogP contribution in [0.25, 0.3) is 0 Å². The third-order valence-corrected chi connectivity index (χ3v) is 2.70. The Bertz CT molecular complexity index is 436. The van der Waals surface area contributed by atoms with Crippen LogP contribution in [0.15, 0.2) is 18.2 Å². The van der Waals surface area contributed by atoms with E-state index in [2.05, 4.69) is 5.32 Å². The number of aliphatic hydroxyl groups excluding tert-OH is 1. The fourth-order valence-electron chi connectivity index (χ4n) is 1.71. The lowest BCUT2D eigenvalue weighted by Crippen LogP contribution is -2.30. The molecule has 0 saturated carbocycles. The summed E-state index contributed by atoms with van der Waals surface area (Å²) in [6.45, 7) is 3.81. The smallest absolute Gasteiger partial charge is 0.332 e. The molecule has 0 unspecified atom stereocenters. The first-order valence-corrected chi connectivity index (χ1v) is 5.68. The Hall–Kier alpha value is -1.88. The molecule has 5 nitrogen and oxygen atoms in total. The molecule has 98 valence electrons. The van der Waals surface area contributed by atoms with E-state index in [-0.39, 0.29) is 18.9 Å². The van der Waals surface area contributed by atoms with Crippen LogP contribution >= 0.6 is 0 Å². The molecule has 0 heterocycles. The maximum absolute atomic E-state index is 11.9. The van der Waals surface area contributed by atoms with Crippen LogP contribution in [0.4, 0.5) is 0 Å². The number of nitrogens with one attached hydrogen (secondary N) is 1. The lowest BCUT2D eigenvalue weighted by molar-refractivity contribution is -0.146. The maximum Gasteiger partial charge on any atom is 0.332 e. The Morgan fingerprint density at radius 3 is 2.33 bits per heavy atom. The molecule has 3 N–H and O–H groups in total. The highest BCUT2D eigenvalue weighted by Gasteiger charge is 2.15. The zero-order valence-corrected chi connectivity index (χ0v) is 10.4. The number of benzene rings is 1. The zero-order chi connectivity index (χ0) is 13.7.